The van der Waals surface area contributed by atoms with Crippen LogP contribution in [-0.4, -0.2) is 24.7 Å². The molecule has 1 aromatic heterocycles. The molecule has 1 amide bonds. The molecule has 25 heavy (non-hydrogen) atoms. The van der Waals surface area contributed by atoms with Crippen LogP contribution in [0.3, 0.4) is 0 Å². The maximum Gasteiger partial charge on any atom is 0.266 e. The van der Waals surface area contributed by atoms with Gasteiger partial charge in [0.25, 0.3) is 5.91 Å². The van der Waals surface area contributed by atoms with E-state index >= 15 is 0 Å². The second-order valence-electron chi connectivity index (χ2n) is 5.46. The van der Waals surface area contributed by atoms with Crippen LogP contribution in [0.4, 0.5) is 5.69 Å². The minimum Gasteiger partial charge on any atom is -1.00 e. The maximum absolute atomic E-state index is 12.5. The Bertz CT molecular complexity index is 892. The molecule has 6 nitrogen and oxygen atoms in total. The molecule has 0 unspecified atom stereocenters. The standard InChI is InChI=1S/C18H19N3O3.HI/c1-20-12-21(16-7-5-4-6-15(16)20)11-18(22)19-14-10-13(23-2)8-9-17(14)24-3;/h4-10,12H,11H2,1-3H3;1H. The van der Waals surface area contributed by atoms with Gasteiger partial charge >= 0.3 is 0 Å². The predicted octanol–water partition coefficient (Wildman–Crippen LogP) is -0.874. The highest BCUT2D eigenvalue weighted by atomic mass is 127. The summed E-state index contributed by atoms with van der Waals surface area (Å²) in [7, 11) is 5.11. The number of ether oxygens (including phenoxy) is 2. The molecule has 0 spiro atoms. The van der Waals surface area contributed by atoms with Crippen molar-refractivity contribution < 1.29 is 42.8 Å². The maximum atomic E-state index is 12.5. The number of methoxy groups -OCH3 is 2. The summed E-state index contributed by atoms with van der Waals surface area (Å²) < 4.78 is 14.4. The van der Waals surface area contributed by atoms with E-state index < -0.39 is 0 Å². The molecule has 0 fully saturated rings. The topological polar surface area (TPSA) is 56.4 Å². The number of benzene rings is 2. The van der Waals surface area contributed by atoms with E-state index in [1.807, 2.05) is 46.8 Å². The number of hydrogen-bond acceptors (Lipinski definition) is 3. The highest BCUT2D eigenvalue weighted by Gasteiger charge is 2.17. The van der Waals surface area contributed by atoms with Crippen molar-refractivity contribution in [2.24, 2.45) is 7.05 Å². The smallest absolute Gasteiger partial charge is 0.266 e. The molecular weight excluding hydrogens is 433 g/mol. The van der Waals surface area contributed by atoms with Crippen molar-refractivity contribution in [3.8, 4) is 11.5 Å². The van der Waals surface area contributed by atoms with Crippen LogP contribution in [0.5, 0.6) is 11.5 Å². The van der Waals surface area contributed by atoms with Crippen molar-refractivity contribution in [3.05, 3.63) is 48.8 Å². The van der Waals surface area contributed by atoms with E-state index in [1.165, 1.54) is 0 Å². The largest absolute Gasteiger partial charge is 1.00 e. The van der Waals surface area contributed by atoms with E-state index in [0.717, 1.165) is 11.0 Å². The summed E-state index contributed by atoms with van der Waals surface area (Å²) in [4.78, 5) is 12.5. The van der Waals surface area contributed by atoms with E-state index in [1.54, 1.807) is 32.4 Å². The number of imidazole rings is 1. The minimum absolute atomic E-state index is 0. The highest BCUT2D eigenvalue weighted by molar-refractivity contribution is 5.93. The number of halogens is 1. The molecule has 1 heterocycles. The number of fused-ring (bicyclic) bond motifs is 1. The molecule has 0 atom stereocenters. The highest BCUT2D eigenvalue weighted by Crippen LogP contribution is 2.28. The zero-order valence-corrected chi connectivity index (χ0v) is 16.5. The Morgan fingerprint density at radius 3 is 2.64 bits per heavy atom. The van der Waals surface area contributed by atoms with Crippen LogP contribution < -0.4 is 43.3 Å². The van der Waals surface area contributed by atoms with Gasteiger partial charge in [0.15, 0.2) is 17.6 Å². The molecule has 3 aromatic rings. The van der Waals surface area contributed by atoms with Gasteiger partial charge in [0.05, 0.1) is 27.0 Å². The Labute approximate surface area is 163 Å². The zero-order chi connectivity index (χ0) is 17.1. The molecule has 0 bridgehead atoms. The van der Waals surface area contributed by atoms with Gasteiger partial charge in [-0.15, -0.1) is 0 Å². The number of nitrogens with one attached hydrogen (secondary N) is 1. The number of amides is 1. The average Bonchev–Trinajstić information content (AvgIpc) is 2.91. The number of anilines is 1. The summed E-state index contributed by atoms with van der Waals surface area (Å²) in [5.41, 5.74) is 2.67. The van der Waals surface area contributed by atoms with Crippen molar-refractivity contribution >= 4 is 22.6 Å². The Morgan fingerprint density at radius 1 is 1.16 bits per heavy atom. The molecule has 0 saturated heterocycles. The summed E-state index contributed by atoms with van der Waals surface area (Å²) in [6, 6.07) is 13.2. The van der Waals surface area contributed by atoms with E-state index in [0.29, 0.717) is 17.2 Å². The zero-order valence-electron chi connectivity index (χ0n) is 14.3. The normalized spacial score (nSPS) is 10.2. The fourth-order valence-corrected chi connectivity index (χ4v) is 2.72. The molecular formula is C18H20IN3O3. The van der Waals surface area contributed by atoms with Crippen LogP contribution in [0.2, 0.25) is 0 Å². The molecule has 0 aliphatic carbocycles. The molecule has 1 N–H and O–H groups in total. The summed E-state index contributed by atoms with van der Waals surface area (Å²) >= 11 is 0. The second kappa shape index (κ2) is 8.19. The lowest BCUT2D eigenvalue weighted by Crippen LogP contribution is -3.00. The van der Waals surface area contributed by atoms with E-state index in [2.05, 4.69) is 5.32 Å². The van der Waals surface area contributed by atoms with Crippen LogP contribution in [-0.2, 0) is 18.4 Å². The van der Waals surface area contributed by atoms with Gasteiger partial charge in [-0.1, -0.05) is 12.1 Å². The Morgan fingerprint density at radius 2 is 1.92 bits per heavy atom. The lowest BCUT2D eigenvalue weighted by Gasteiger charge is -2.11. The van der Waals surface area contributed by atoms with Crippen molar-refractivity contribution in [1.82, 2.24) is 4.57 Å². The molecule has 132 valence electrons. The fraction of sp³-hybridized carbons (Fsp3) is 0.222. The molecule has 0 radical (unpaired) electrons. The number of aryl methyl sites for hydroxylation is 1. The number of rotatable bonds is 5. The van der Waals surface area contributed by atoms with Gasteiger partial charge in [-0.3, -0.25) is 4.79 Å². The first kappa shape index (κ1) is 19.0. The molecule has 0 aliphatic heterocycles. The average molecular weight is 453 g/mol. The summed E-state index contributed by atoms with van der Waals surface area (Å²) in [6.07, 6.45) is 1.91. The molecule has 2 aromatic carbocycles. The first-order chi connectivity index (χ1) is 11.6. The number of aromatic nitrogens is 2. The van der Waals surface area contributed by atoms with Gasteiger partial charge in [-0.25, -0.2) is 9.13 Å². The first-order valence-electron chi connectivity index (χ1n) is 7.57. The molecule has 7 heteroatoms. The van der Waals surface area contributed by atoms with Crippen molar-refractivity contribution in [2.45, 2.75) is 6.54 Å². The number of nitrogens with zero attached hydrogens (tertiary/aromatic N) is 2. The molecule has 0 aliphatic rings. The Balaban J connectivity index is 0.00000225. The van der Waals surface area contributed by atoms with Crippen molar-refractivity contribution in [3.63, 3.8) is 0 Å². The van der Waals surface area contributed by atoms with Crippen molar-refractivity contribution in [2.75, 3.05) is 19.5 Å². The summed E-state index contributed by atoms with van der Waals surface area (Å²) in [5, 5.41) is 2.88. The Kier molecular flexibility index (Phi) is 6.24. The number of carbonyl (C=O) groups excluding carboxylic acids is 1. The number of hydrogen-bond donors (Lipinski definition) is 1. The summed E-state index contributed by atoms with van der Waals surface area (Å²) in [5.74, 6) is 1.11. The van der Waals surface area contributed by atoms with Crippen LogP contribution in [0.25, 0.3) is 11.0 Å². The van der Waals surface area contributed by atoms with E-state index in [9.17, 15) is 4.79 Å². The SMILES string of the molecule is COc1ccc(OC)c(NC(=O)Cn2c[n+](C)c3ccccc32)c1.[I-]. The third-order valence-electron chi connectivity index (χ3n) is 3.88. The summed E-state index contributed by atoms with van der Waals surface area (Å²) in [6.45, 7) is 0.210. The quantitative estimate of drug-likeness (QED) is 0.404. The third kappa shape index (κ3) is 4.04. The van der Waals surface area contributed by atoms with Crippen molar-refractivity contribution in [1.29, 1.82) is 0 Å². The van der Waals surface area contributed by atoms with Crippen LogP contribution in [0.1, 0.15) is 0 Å². The van der Waals surface area contributed by atoms with E-state index in [-0.39, 0.29) is 36.4 Å². The van der Waals surface area contributed by atoms with Crippen LogP contribution in [0.15, 0.2) is 48.8 Å². The monoisotopic (exact) mass is 453 g/mol. The lowest BCUT2D eigenvalue weighted by molar-refractivity contribution is -0.645. The first-order valence-corrected chi connectivity index (χ1v) is 7.57. The van der Waals surface area contributed by atoms with Gasteiger partial charge in [-0.05, 0) is 24.3 Å². The lowest BCUT2D eigenvalue weighted by atomic mass is 10.2. The van der Waals surface area contributed by atoms with Gasteiger partial charge in [-0.2, -0.15) is 0 Å². The fourth-order valence-electron chi connectivity index (χ4n) is 2.72. The second-order valence-corrected chi connectivity index (χ2v) is 5.46. The van der Waals surface area contributed by atoms with Gasteiger partial charge in [0, 0.05) is 6.07 Å². The number of para-hydroxylation sites is 2. The van der Waals surface area contributed by atoms with Gasteiger partial charge < -0.3 is 38.8 Å². The molecule has 3 rings (SSSR count). The number of carbonyl (C=O) groups is 1. The van der Waals surface area contributed by atoms with Gasteiger partial charge in [0.1, 0.15) is 11.5 Å². The van der Waals surface area contributed by atoms with Crippen LogP contribution in [0, 0.1) is 0 Å². The van der Waals surface area contributed by atoms with E-state index in [4.69, 9.17) is 9.47 Å². The van der Waals surface area contributed by atoms with Crippen LogP contribution >= 0.6 is 0 Å². The van der Waals surface area contributed by atoms with Gasteiger partial charge in [0.2, 0.25) is 6.33 Å². The molecule has 0 saturated carbocycles. The minimum atomic E-state index is -0.136. The Hall–Kier alpha value is -2.29. The predicted molar refractivity (Wildman–Crippen MR) is 91.3 cm³/mol. The third-order valence-corrected chi connectivity index (χ3v) is 3.88.